The summed E-state index contributed by atoms with van der Waals surface area (Å²) in [7, 11) is 1.94. The van der Waals surface area contributed by atoms with E-state index in [9.17, 15) is 0 Å². The molecule has 1 N–H and O–H groups in total. The largest absolute Gasteiger partial charge is 0.439 e. The Kier molecular flexibility index (Phi) is 4.17. The van der Waals surface area contributed by atoms with Gasteiger partial charge in [-0.25, -0.2) is 4.98 Å². The van der Waals surface area contributed by atoms with Gasteiger partial charge in [-0.3, -0.25) is 0 Å². The van der Waals surface area contributed by atoms with Crippen LogP contribution in [0.5, 0.6) is 11.6 Å². The van der Waals surface area contributed by atoms with Crippen molar-refractivity contribution in [2.45, 2.75) is 26.8 Å². The van der Waals surface area contributed by atoms with Crippen molar-refractivity contribution >= 4 is 0 Å². The summed E-state index contributed by atoms with van der Waals surface area (Å²) in [5.41, 5.74) is 3.53. The molecule has 1 atom stereocenters. The molecular weight excluding hydrogens is 236 g/mol. The Morgan fingerprint density at radius 1 is 1.21 bits per heavy atom. The lowest BCUT2D eigenvalue weighted by Crippen LogP contribution is -2.12. The number of ether oxygens (including phenoxy) is 1. The topological polar surface area (TPSA) is 34.2 Å². The lowest BCUT2D eigenvalue weighted by molar-refractivity contribution is 0.457. The molecule has 1 aromatic heterocycles. The van der Waals surface area contributed by atoms with E-state index >= 15 is 0 Å². The van der Waals surface area contributed by atoms with Crippen LogP contribution in [0.1, 0.15) is 29.7 Å². The number of aromatic nitrogens is 1. The molecule has 0 saturated carbocycles. The predicted molar refractivity (Wildman–Crippen MR) is 77.7 cm³/mol. The lowest BCUT2D eigenvalue weighted by atomic mass is 10.1. The normalized spacial score (nSPS) is 12.2. The standard InChI is InChI=1S/C16H20N2O/c1-11-6-5-7-15(12(11)2)19-16-10-14(8-9-18-16)13(3)17-4/h5-10,13,17H,1-4H3. The van der Waals surface area contributed by atoms with Crippen LogP contribution in [0.3, 0.4) is 0 Å². The second-order valence-electron chi connectivity index (χ2n) is 4.74. The molecule has 3 heteroatoms. The summed E-state index contributed by atoms with van der Waals surface area (Å²) in [5, 5.41) is 3.21. The minimum absolute atomic E-state index is 0.281. The number of hydrogen-bond donors (Lipinski definition) is 1. The van der Waals surface area contributed by atoms with E-state index in [1.54, 1.807) is 6.20 Å². The van der Waals surface area contributed by atoms with Crippen LogP contribution in [-0.4, -0.2) is 12.0 Å². The van der Waals surface area contributed by atoms with Crippen LogP contribution in [0.4, 0.5) is 0 Å². The number of nitrogens with one attached hydrogen (secondary N) is 1. The van der Waals surface area contributed by atoms with Gasteiger partial charge in [0.1, 0.15) is 5.75 Å². The van der Waals surface area contributed by atoms with Gasteiger partial charge < -0.3 is 10.1 Å². The van der Waals surface area contributed by atoms with Crippen LogP contribution in [0.2, 0.25) is 0 Å². The summed E-state index contributed by atoms with van der Waals surface area (Å²) in [6.07, 6.45) is 1.78. The number of hydrogen-bond acceptors (Lipinski definition) is 3. The first-order valence-corrected chi connectivity index (χ1v) is 6.49. The van der Waals surface area contributed by atoms with Crippen LogP contribution < -0.4 is 10.1 Å². The summed E-state index contributed by atoms with van der Waals surface area (Å²) in [5.74, 6) is 1.50. The number of rotatable bonds is 4. The molecule has 0 amide bonds. The van der Waals surface area contributed by atoms with Gasteiger partial charge in [-0.2, -0.15) is 0 Å². The smallest absolute Gasteiger partial charge is 0.219 e. The van der Waals surface area contributed by atoms with Crippen molar-refractivity contribution in [1.82, 2.24) is 10.3 Å². The Bertz CT molecular complexity index is 566. The fraction of sp³-hybridized carbons (Fsp3) is 0.312. The third-order valence-electron chi connectivity index (χ3n) is 3.46. The van der Waals surface area contributed by atoms with Crippen LogP contribution >= 0.6 is 0 Å². The SMILES string of the molecule is CNC(C)c1ccnc(Oc2cccc(C)c2C)c1. The zero-order valence-electron chi connectivity index (χ0n) is 11.9. The Labute approximate surface area is 114 Å². The molecule has 100 valence electrons. The van der Waals surface area contributed by atoms with Crippen LogP contribution in [-0.2, 0) is 0 Å². The Hall–Kier alpha value is -1.87. The summed E-state index contributed by atoms with van der Waals surface area (Å²) >= 11 is 0. The third kappa shape index (κ3) is 3.12. The molecule has 0 spiro atoms. The number of nitrogens with zero attached hydrogens (tertiary/aromatic N) is 1. The van der Waals surface area contributed by atoms with E-state index in [2.05, 4.69) is 37.1 Å². The molecule has 0 saturated heterocycles. The minimum Gasteiger partial charge on any atom is -0.439 e. The minimum atomic E-state index is 0.281. The first-order valence-electron chi connectivity index (χ1n) is 6.49. The molecule has 2 rings (SSSR count). The molecule has 1 heterocycles. The number of benzene rings is 1. The van der Waals surface area contributed by atoms with Gasteiger partial charge in [-0.05, 0) is 56.6 Å². The van der Waals surface area contributed by atoms with Gasteiger partial charge in [-0.1, -0.05) is 12.1 Å². The first kappa shape index (κ1) is 13.6. The highest BCUT2D eigenvalue weighted by Gasteiger charge is 2.07. The zero-order chi connectivity index (χ0) is 13.8. The van der Waals surface area contributed by atoms with Crippen molar-refractivity contribution < 1.29 is 4.74 Å². The Morgan fingerprint density at radius 2 is 2.00 bits per heavy atom. The summed E-state index contributed by atoms with van der Waals surface area (Å²) in [6, 6.07) is 10.3. The van der Waals surface area contributed by atoms with E-state index in [0.29, 0.717) is 5.88 Å². The predicted octanol–water partition coefficient (Wildman–Crippen LogP) is 3.77. The zero-order valence-corrected chi connectivity index (χ0v) is 11.9. The lowest BCUT2D eigenvalue weighted by Gasteiger charge is -2.13. The third-order valence-corrected chi connectivity index (χ3v) is 3.46. The maximum Gasteiger partial charge on any atom is 0.219 e. The molecule has 3 nitrogen and oxygen atoms in total. The van der Waals surface area contributed by atoms with Gasteiger partial charge in [0.2, 0.25) is 5.88 Å². The van der Waals surface area contributed by atoms with Crippen molar-refractivity contribution in [2.24, 2.45) is 0 Å². The van der Waals surface area contributed by atoms with Gasteiger partial charge >= 0.3 is 0 Å². The molecule has 0 fully saturated rings. The maximum absolute atomic E-state index is 5.89. The van der Waals surface area contributed by atoms with E-state index in [1.807, 2.05) is 31.3 Å². The molecule has 0 aliphatic heterocycles. The molecule has 0 aliphatic rings. The van der Waals surface area contributed by atoms with Gasteiger partial charge in [-0.15, -0.1) is 0 Å². The van der Waals surface area contributed by atoms with Crippen molar-refractivity contribution in [3.8, 4) is 11.6 Å². The monoisotopic (exact) mass is 256 g/mol. The van der Waals surface area contributed by atoms with Gasteiger partial charge in [0.15, 0.2) is 0 Å². The molecule has 0 radical (unpaired) electrons. The highest BCUT2D eigenvalue weighted by Crippen LogP contribution is 2.26. The van der Waals surface area contributed by atoms with E-state index < -0.39 is 0 Å². The van der Waals surface area contributed by atoms with Crippen molar-refractivity contribution in [3.63, 3.8) is 0 Å². The van der Waals surface area contributed by atoms with Crippen molar-refractivity contribution in [3.05, 3.63) is 53.2 Å². The molecule has 1 unspecified atom stereocenters. The molecular formula is C16H20N2O. The Balaban J connectivity index is 2.26. The summed E-state index contributed by atoms with van der Waals surface area (Å²) in [6.45, 7) is 6.25. The summed E-state index contributed by atoms with van der Waals surface area (Å²) in [4.78, 5) is 4.27. The van der Waals surface area contributed by atoms with Gasteiger partial charge in [0.25, 0.3) is 0 Å². The highest BCUT2D eigenvalue weighted by molar-refractivity contribution is 5.40. The maximum atomic E-state index is 5.89. The quantitative estimate of drug-likeness (QED) is 0.904. The van der Waals surface area contributed by atoms with Crippen molar-refractivity contribution in [1.29, 1.82) is 0 Å². The second kappa shape index (κ2) is 5.85. The van der Waals surface area contributed by atoms with E-state index in [-0.39, 0.29) is 6.04 Å². The van der Waals surface area contributed by atoms with Gasteiger partial charge in [0, 0.05) is 18.3 Å². The first-order chi connectivity index (χ1) is 9.11. The second-order valence-corrected chi connectivity index (χ2v) is 4.74. The fourth-order valence-electron chi connectivity index (χ4n) is 1.86. The van der Waals surface area contributed by atoms with Crippen LogP contribution in [0.15, 0.2) is 36.5 Å². The number of pyridine rings is 1. The van der Waals surface area contributed by atoms with E-state index in [4.69, 9.17) is 4.74 Å². The van der Waals surface area contributed by atoms with Crippen LogP contribution in [0.25, 0.3) is 0 Å². The summed E-state index contributed by atoms with van der Waals surface area (Å²) < 4.78 is 5.89. The average molecular weight is 256 g/mol. The Morgan fingerprint density at radius 3 is 2.74 bits per heavy atom. The van der Waals surface area contributed by atoms with Crippen LogP contribution in [0, 0.1) is 13.8 Å². The van der Waals surface area contributed by atoms with E-state index in [1.165, 1.54) is 5.56 Å². The van der Waals surface area contributed by atoms with E-state index in [0.717, 1.165) is 16.9 Å². The van der Waals surface area contributed by atoms with Crippen molar-refractivity contribution in [2.75, 3.05) is 7.05 Å². The fourth-order valence-corrected chi connectivity index (χ4v) is 1.86. The molecule has 0 bridgehead atoms. The number of aryl methyl sites for hydroxylation is 1. The average Bonchev–Trinajstić information content (AvgIpc) is 2.43. The molecule has 0 aliphatic carbocycles. The molecule has 1 aromatic carbocycles. The highest BCUT2D eigenvalue weighted by atomic mass is 16.5. The molecule has 19 heavy (non-hydrogen) atoms. The van der Waals surface area contributed by atoms with Gasteiger partial charge in [0.05, 0.1) is 0 Å². The molecule has 2 aromatic rings.